The van der Waals surface area contributed by atoms with Crippen LogP contribution in [0.5, 0.6) is 0 Å². The highest BCUT2D eigenvalue weighted by Gasteiger charge is 2.16. The van der Waals surface area contributed by atoms with Crippen molar-refractivity contribution in [3.8, 4) is 0 Å². The first-order valence-corrected chi connectivity index (χ1v) is 9.62. The Bertz CT molecular complexity index is 789. The van der Waals surface area contributed by atoms with Crippen LogP contribution in [0.15, 0.2) is 79.9 Å². The Morgan fingerprint density at radius 1 is 1.03 bits per heavy atom. The first kappa shape index (κ1) is 23.9. The fourth-order valence-electron chi connectivity index (χ4n) is 2.80. The van der Waals surface area contributed by atoms with Gasteiger partial charge in [0.2, 0.25) is 0 Å². The molecule has 1 unspecified atom stereocenters. The van der Waals surface area contributed by atoms with Gasteiger partial charge in [-0.05, 0) is 24.1 Å². The van der Waals surface area contributed by atoms with Crippen molar-refractivity contribution in [3.63, 3.8) is 0 Å². The number of Topliss-reactive ketones (excluding diaryl/α,β-unsaturated/α-hetero) is 1. The number of esters is 1. The van der Waals surface area contributed by atoms with E-state index in [9.17, 15) is 9.59 Å². The van der Waals surface area contributed by atoms with Gasteiger partial charge in [-0.15, -0.1) is 13.2 Å². The number of carbonyl (C=O) groups is 2. The second-order valence-corrected chi connectivity index (χ2v) is 6.68. The molecule has 0 bridgehead atoms. The summed E-state index contributed by atoms with van der Waals surface area (Å²) in [6, 6.07) is 18.0. The summed E-state index contributed by atoms with van der Waals surface area (Å²) >= 11 is 0. The van der Waals surface area contributed by atoms with Crippen molar-refractivity contribution in [1.82, 2.24) is 0 Å². The molecule has 0 aromatic heterocycles. The van der Waals surface area contributed by atoms with E-state index in [0.717, 1.165) is 30.8 Å². The molecule has 0 aliphatic rings. The van der Waals surface area contributed by atoms with E-state index in [1.807, 2.05) is 61.5 Å². The highest BCUT2D eigenvalue weighted by molar-refractivity contribution is 5.98. The number of rotatable bonds is 9. The smallest absolute Gasteiger partial charge is 0.302 e. The van der Waals surface area contributed by atoms with E-state index in [0.29, 0.717) is 0 Å². The normalized spacial score (nSPS) is 10.7. The number of ether oxygens (including phenoxy) is 1. The van der Waals surface area contributed by atoms with Crippen LogP contribution in [0, 0.1) is 5.92 Å². The van der Waals surface area contributed by atoms with Gasteiger partial charge in [0.15, 0.2) is 5.78 Å². The van der Waals surface area contributed by atoms with Gasteiger partial charge < -0.3 is 9.64 Å². The van der Waals surface area contributed by atoms with E-state index in [1.165, 1.54) is 19.6 Å². The number of hydrogen-bond donors (Lipinski definition) is 0. The Morgan fingerprint density at radius 2 is 1.62 bits per heavy atom. The quantitative estimate of drug-likeness (QED) is 0.338. The maximum Gasteiger partial charge on any atom is 0.302 e. The lowest BCUT2D eigenvalue weighted by Crippen LogP contribution is -2.23. The third kappa shape index (κ3) is 8.60. The predicted octanol–water partition coefficient (Wildman–Crippen LogP) is 5.11. The van der Waals surface area contributed by atoms with Gasteiger partial charge in [-0.1, -0.05) is 61.5 Å². The van der Waals surface area contributed by atoms with Crippen LogP contribution in [0.1, 0.15) is 29.8 Å². The Balaban J connectivity index is 0.000000749. The average Bonchev–Trinajstić information content (AvgIpc) is 2.74. The number of benzene rings is 2. The third-order valence-corrected chi connectivity index (χ3v) is 4.31. The second kappa shape index (κ2) is 13.1. The summed E-state index contributed by atoms with van der Waals surface area (Å²) < 4.78 is 4.11. The molecular weight excluding hydrogens is 362 g/mol. The molecule has 0 aliphatic carbocycles. The Morgan fingerprint density at radius 3 is 2.14 bits per heavy atom. The molecule has 0 aliphatic heterocycles. The number of nitrogens with zero attached hydrogens (tertiary/aromatic N) is 1. The van der Waals surface area contributed by atoms with Crippen molar-refractivity contribution >= 4 is 17.4 Å². The lowest BCUT2D eigenvalue weighted by molar-refractivity contribution is -0.137. The topological polar surface area (TPSA) is 46.6 Å². The third-order valence-electron chi connectivity index (χ3n) is 4.31. The van der Waals surface area contributed by atoms with Crippen LogP contribution in [0.2, 0.25) is 0 Å². The number of anilines is 1. The summed E-state index contributed by atoms with van der Waals surface area (Å²) in [6.07, 6.45) is 4.47. The van der Waals surface area contributed by atoms with Gasteiger partial charge in [0.25, 0.3) is 0 Å². The Kier molecular flexibility index (Phi) is 10.8. The van der Waals surface area contributed by atoms with Crippen LogP contribution < -0.4 is 4.90 Å². The Labute approximate surface area is 174 Å². The van der Waals surface area contributed by atoms with Crippen LogP contribution >= 0.6 is 0 Å². The fourth-order valence-corrected chi connectivity index (χ4v) is 2.80. The van der Waals surface area contributed by atoms with Crippen LogP contribution in [0.4, 0.5) is 5.69 Å². The second-order valence-electron chi connectivity index (χ2n) is 6.68. The minimum absolute atomic E-state index is 0.0464. The first-order valence-electron chi connectivity index (χ1n) is 9.62. The zero-order chi connectivity index (χ0) is 21.6. The van der Waals surface area contributed by atoms with Gasteiger partial charge in [0.1, 0.15) is 0 Å². The van der Waals surface area contributed by atoms with Crippen molar-refractivity contribution in [1.29, 1.82) is 0 Å². The fraction of sp³-hybridized carbons (Fsp3) is 0.280. The molecule has 4 heteroatoms. The molecule has 0 fully saturated rings. The van der Waals surface area contributed by atoms with E-state index in [1.54, 1.807) is 0 Å². The SMILES string of the molecule is C=CCN(CC=C)c1cccc(C(=O)C(C)Cc2ccccc2)c1.COC(C)=O. The van der Waals surface area contributed by atoms with Crippen molar-refractivity contribution in [2.75, 3.05) is 25.1 Å². The first-order chi connectivity index (χ1) is 13.9. The maximum absolute atomic E-state index is 12.8. The summed E-state index contributed by atoms with van der Waals surface area (Å²) in [5.74, 6) is -0.113. The molecule has 29 heavy (non-hydrogen) atoms. The molecule has 0 N–H and O–H groups in total. The van der Waals surface area contributed by atoms with Crippen molar-refractivity contribution in [2.45, 2.75) is 20.3 Å². The zero-order valence-corrected chi connectivity index (χ0v) is 17.6. The molecule has 0 heterocycles. The largest absolute Gasteiger partial charge is 0.469 e. The lowest BCUT2D eigenvalue weighted by Gasteiger charge is -2.22. The molecule has 154 valence electrons. The molecule has 0 spiro atoms. The molecule has 2 aromatic rings. The van der Waals surface area contributed by atoms with Crippen LogP contribution in [-0.2, 0) is 16.0 Å². The summed E-state index contributed by atoms with van der Waals surface area (Å²) in [6.45, 7) is 12.4. The van der Waals surface area contributed by atoms with Crippen LogP contribution in [-0.4, -0.2) is 32.0 Å². The number of methoxy groups -OCH3 is 1. The zero-order valence-electron chi connectivity index (χ0n) is 17.6. The van der Waals surface area contributed by atoms with E-state index >= 15 is 0 Å². The van der Waals surface area contributed by atoms with Crippen molar-refractivity contribution in [3.05, 3.63) is 91.0 Å². The van der Waals surface area contributed by atoms with E-state index in [-0.39, 0.29) is 17.7 Å². The molecule has 2 aromatic carbocycles. The van der Waals surface area contributed by atoms with Gasteiger partial charge in [0, 0.05) is 37.2 Å². The summed E-state index contributed by atoms with van der Waals surface area (Å²) in [5.41, 5.74) is 2.97. The van der Waals surface area contributed by atoms with Gasteiger partial charge in [-0.25, -0.2) is 0 Å². The molecule has 0 amide bonds. The molecule has 2 rings (SSSR count). The van der Waals surface area contributed by atoms with Gasteiger partial charge in [0.05, 0.1) is 7.11 Å². The average molecular weight is 394 g/mol. The predicted molar refractivity (Wildman–Crippen MR) is 120 cm³/mol. The van der Waals surface area contributed by atoms with E-state index in [2.05, 4.69) is 34.9 Å². The number of hydrogen-bond acceptors (Lipinski definition) is 4. The minimum atomic E-state index is -0.245. The highest BCUT2D eigenvalue weighted by atomic mass is 16.5. The molecular formula is C25H31NO3. The molecule has 0 saturated carbocycles. The lowest BCUT2D eigenvalue weighted by atomic mass is 9.92. The number of ketones is 1. The summed E-state index contributed by atoms with van der Waals surface area (Å²) in [4.78, 5) is 24.5. The monoisotopic (exact) mass is 393 g/mol. The Hall–Kier alpha value is -3.14. The summed E-state index contributed by atoms with van der Waals surface area (Å²) in [5, 5.41) is 0. The van der Waals surface area contributed by atoms with Crippen LogP contribution in [0.3, 0.4) is 0 Å². The van der Waals surface area contributed by atoms with E-state index in [4.69, 9.17) is 0 Å². The van der Waals surface area contributed by atoms with E-state index < -0.39 is 0 Å². The number of carbonyl (C=O) groups excluding carboxylic acids is 2. The van der Waals surface area contributed by atoms with Crippen LogP contribution in [0.25, 0.3) is 0 Å². The molecule has 1 atom stereocenters. The standard InChI is InChI=1S/C22H25NO.C3H6O2/c1-4-14-23(15-5-2)21-13-9-12-20(17-21)22(24)18(3)16-19-10-7-6-8-11-19;1-3(4)5-2/h4-13,17-18H,1-2,14-16H2,3H3;1-2H3. The van der Waals surface area contributed by atoms with Crippen molar-refractivity contribution < 1.29 is 14.3 Å². The highest BCUT2D eigenvalue weighted by Crippen LogP contribution is 2.20. The maximum atomic E-state index is 12.8. The molecule has 0 saturated heterocycles. The molecule has 4 nitrogen and oxygen atoms in total. The summed E-state index contributed by atoms with van der Waals surface area (Å²) in [7, 11) is 1.35. The van der Waals surface area contributed by atoms with Crippen molar-refractivity contribution in [2.24, 2.45) is 5.92 Å². The van der Waals surface area contributed by atoms with Gasteiger partial charge in [-0.3, -0.25) is 9.59 Å². The van der Waals surface area contributed by atoms with Gasteiger partial charge >= 0.3 is 5.97 Å². The minimum Gasteiger partial charge on any atom is -0.469 e. The molecule has 0 radical (unpaired) electrons. The van der Waals surface area contributed by atoms with Gasteiger partial charge in [-0.2, -0.15) is 0 Å².